The van der Waals surface area contributed by atoms with E-state index in [4.69, 9.17) is 10.5 Å². The summed E-state index contributed by atoms with van der Waals surface area (Å²) >= 11 is 0. The number of anilines is 1. The Balaban J connectivity index is 1.89. The Labute approximate surface area is 168 Å². The SMILES string of the molecule is COc1ccc(C(=O)Nc2ccc(F)c(C3(C)CC(C(F)(F)F)OC(N)=N3)n2)nc1. The first-order chi connectivity index (χ1) is 14.0. The first kappa shape index (κ1) is 21.3. The predicted octanol–water partition coefficient (Wildman–Crippen LogP) is 2.76. The smallest absolute Gasteiger partial charge is 0.425 e. The van der Waals surface area contributed by atoms with Crippen LogP contribution in [0.3, 0.4) is 0 Å². The lowest BCUT2D eigenvalue weighted by molar-refractivity contribution is -0.208. The molecule has 3 rings (SSSR count). The second-order valence-corrected chi connectivity index (χ2v) is 6.64. The van der Waals surface area contributed by atoms with E-state index in [1.807, 2.05) is 0 Å². The summed E-state index contributed by atoms with van der Waals surface area (Å²) in [5.41, 5.74) is 3.25. The molecule has 12 heteroatoms. The summed E-state index contributed by atoms with van der Waals surface area (Å²) in [6.45, 7) is 1.25. The number of amides is 1. The van der Waals surface area contributed by atoms with Gasteiger partial charge in [-0.2, -0.15) is 13.2 Å². The molecule has 0 fully saturated rings. The van der Waals surface area contributed by atoms with E-state index in [-0.39, 0.29) is 11.5 Å². The minimum Gasteiger partial charge on any atom is -0.495 e. The summed E-state index contributed by atoms with van der Waals surface area (Å²) < 4.78 is 63.4. The van der Waals surface area contributed by atoms with Crippen LogP contribution >= 0.6 is 0 Å². The molecule has 2 aromatic heterocycles. The van der Waals surface area contributed by atoms with Gasteiger partial charge in [0, 0.05) is 6.42 Å². The highest BCUT2D eigenvalue weighted by Crippen LogP contribution is 2.40. The van der Waals surface area contributed by atoms with Crippen molar-refractivity contribution in [2.45, 2.75) is 31.2 Å². The van der Waals surface area contributed by atoms with Crippen LogP contribution in [0, 0.1) is 5.82 Å². The summed E-state index contributed by atoms with van der Waals surface area (Å²) in [7, 11) is 1.44. The number of hydrogen-bond donors (Lipinski definition) is 2. The number of amidine groups is 1. The quantitative estimate of drug-likeness (QED) is 0.726. The van der Waals surface area contributed by atoms with Gasteiger partial charge < -0.3 is 20.5 Å². The van der Waals surface area contributed by atoms with Gasteiger partial charge in [0.1, 0.15) is 34.3 Å². The molecular weight excluding hydrogens is 410 g/mol. The zero-order valence-electron chi connectivity index (χ0n) is 15.8. The van der Waals surface area contributed by atoms with Crippen LogP contribution in [-0.4, -0.2) is 41.3 Å². The van der Waals surface area contributed by atoms with Crippen molar-refractivity contribution in [3.05, 3.63) is 47.7 Å². The third-order valence-corrected chi connectivity index (χ3v) is 4.37. The largest absolute Gasteiger partial charge is 0.495 e. The minimum atomic E-state index is -4.73. The molecular formula is C18H17F4N5O3. The Bertz CT molecular complexity index is 981. The van der Waals surface area contributed by atoms with Crippen molar-refractivity contribution in [2.24, 2.45) is 10.7 Å². The van der Waals surface area contributed by atoms with Crippen LogP contribution < -0.4 is 15.8 Å². The van der Waals surface area contributed by atoms with Crippen LogP contribution in [0.2, 0.25) is 0 Å². The number of alkyl halides is 3. The second kappa shape index (κ2) is 7.76. The maximum atomic E-state index is 14.5. The lowest BCUT2D eigenvalue weighted by Crippen LogP contribution is -2.46. The van der Waals surface area contributed by atoms with Crippen molar-refractivity contribution in [2.75, 3.05) is 12.4 Å². The number of aliphatic imine (C=N–C) groups is 1. The van der Waals surface area contributed by atoms with Gasteiger partial charge in [-0.3, -0.25) is 4.79 Å². The first-order valence-electron chi connectivity index (χ1n) is 8.59. The molecule has 3 N–H and O–H groups in total. The Morgan fingerprint density at radius 2 is 2.07 bits per heavy atom. The number of nitrogens with zero attached hydrogens (tertiary/aromatic N) is 3. The number of rotatable bonds is 4. The fourth-order valence-corrected chi connectivity index (χ4v) is 2.90. The maximum absolute atomic E-state index is 14.5. The van der Waals surface area contributed by atoms with Gasteiger partial charge in [-0.05, 0) is 31.2 Å². The van der Waals surface area contributed by atoms with Gasteiger partial charge in [-0.15, -0.1) is 0 Å². The van der Waals surface area contributed by atoms with Crippen molar-refractivity contribution in [1.82, 2.24) is 9.97 Å². The molecule has 2 unspecified atom stereocenters. The molecule has 1 amide bonds. The number of pyridine rings is 2. The van der Waals surface area contributed by atoms with Crippen LogP contribution in [0.5, 0.6) is 5.75 Å². The molecule has 0 aliphatic carbocycles. The maximum Gasteiger partial charge on any atom is 0.425 e. The Hall–Kier alpha value is -3.44. The fourth-order valence-electron chi connectivity index (χ4n) is 2.90. The van der Waals surface area contributed by atoms with Gasteiger partial charge in [-0.25, -0.2) is 19.4 Å². The number of carbonyl (C=O) groups excluding carboxylic acids is 1. The molecule has 3 heterocycles. The third-order valence-electron chi connectivity index (χ3n) is 4.37. The standard InChI is InChI=1S/C18H17F4N5O3/c1-17(7-12(18(20,21)22)30-16(23)27-17)14-10(19)4-6-13(25-14)26-15(28)11-5-3-9(29-2)8-24-11/h3-6,8,12H,7H2,1-2H3,(H2,23,27)(H,25,26,28). The molecule has 30 heavy (non-hydrogen) atoms. The van der Waals surface area contributed by atoms with E-state index in [0.29, 0.717) is 5.75 Å². The summed E-state index contributed by atoms with van der Waals surface area (Å²) in [6, 6.07) is 4.32. The summed E-state index contributed by atoms with van der Waals surface area (Å²) in [4.78, 5) is 24.1. The molecule has 8 nitrogen and oxygen atoms in total. The highest BCUT2D eigenvalue weighted by molar-refractivity contribution is 6.02. The van der Waals surface area contributed by atoms with Gasteiger partial charge in [0.05, 0.1) is 13.3 Å². The number of nitrogens with two attached hydrogens (primary N) is 1. The lowest BCUT2D eigenvalue weighted by Gasteiger charge is -2.35. The molecule has 2 atom stereocenters. The van der Waals surface area contributed by atoms with E-state index in [2.05, 4.69) is 25.0 Å². The highest BCUT2D eigenvalue weighted by atomic mass is 19.4. The van der Waals surface area contributed by atoms with Crippen LogP contribution in [-0.2, 0) is 10.3 Å². The van der Waals surface area contributed by atoms with Crippen molar-refractivity contribution >= 4 is 17.7 Å². The monoisotopic (exact) mass is 427 g/mol. The molecule has 2 aromatic rings. The normalized spacial score (nSPS) is 21.4. The number of carbonyl (C=O) groups is 1. The van der Waals surface area contributed by atoms with Crippen molar-refractivity contribution in [1.29, 1.82) is 0 Å². The molecule has 0 spiro atoms. The van der Waals surface area contributed by atoms with Crippen LogP contribution in [0.4, 0.5) is 23.4 Å². The number of hydrogen-bond acceptors (Lipinski definition) is 7. The number of methoxy groups -OCH3 is 1. The average Bonchev–Trinajstić information content (AvgIpc) is 2.68. The Kier molecular flexibility index (Phi) is 5.51. The van der Waals surface area contributed by atoms with E-state index < -0.39 is 47.7 Å². The summed E-state index contributed by atoms with van der Waals surface area (Å²) in [5, 5.41) is 2.42. The number of nitrogens with one attached hydrogen (secondary N) is 1. The van der Waals surface area contributed by atoms with Crippen molar-refractivity contribution < 1.29 is 31.8 Å². The lowest BCUT2D eigenvalue weighted by atomic mass is 9.89. The number of aromatic nitrogens is 2. The van der Waals surface area contributed by atoms with Gasteiger partial charge in [0.15, 0.2) is 6.10 Å². The van der Waals surface area contributed by atoms with E-state index in [9.17, 15) is 22.4 Å². The van der Waals surface area contributed by atoms with Gasteiger partial charge >= 0.3 is 6.18 Å². The van der Waals surface area contributed by atoms with Crippen LogP contribution in [0.1, 0.15) is 29.5 Å². The Morgan fingerprint density at radius 3 is 2.67 bits per heavy atom. The zero-order valence-corrected chi connectivity index (χ0v) is 15.8. The molecule has 0 radical (unpaired) electrons. The van der Waals surface area contributed by atoms with Gasteiger partial charge in [0.2, 0.25) is 0 Å². The summed E-state index contributed by atoms with van der Waals surface area (Å²) in [5.74, 6) is -1.22. The third kappa shape index (κ3) is 4.42. The van der Waals surface area contributed by atoms with Crippen LogP contribution in [0.15, 0.2) is 35.5 Å². The predicted molar refractivity (Wildman–Crippen MR) is 97.5 cm³/mol. The summed E-state index contributed by atoms with van der Waals surface area (Å²) in [6.07, 6.45) is -6.41. The average molecular weight is 427 g/mol. The van der Waals surface area contributed by atoms with Crippen molar-refractivity contribution in [3.8, 4) is 5.75 Å². The van der Waals surface area contributed by atoms with Gasteiger partial charge in [-0.1, -0.05) is 0 Å². The molecule has 0 aromatic carbocycles. The highest BCUT2D eigenvalue weighted by Gasteiger charge is 2.50. The van der Waals surface area contributed by atoms with Gasteiger partial charge in [0.25, 0.3) is 11.9 Å². The molecule has 0 saturated carbocycles. The van der Waals surface area contributed by atoms with Crippen LogP contribution in [0.25, 0.3) is 0 Å². The fraction of sp³-hybridized carbons (Fsp3) is 0.333. The molecule has 160 valence electrons. The van der Waals surface area contributed by atoms with E-state index in [0.717, 1.165) is 12.1 Å². The Morgan fingerprint density at radius 1 is 1.33 bits per heavy atom. The first-order valence-corrected chi connectivity index (χ1v) is 8.59. The molecule has 0 bridgehead atoms. The second-order valence-electron chi connectivity index (χ2n) is 6.64. The number of halogens is 4. The molecule has 0 saturated heterocycles. The zero-order chi connectivity index (χ0) is 22.1. The minimum absolute atomic E-state index is 0.0279. The molecule has 1 aliphatic rings. The topological polar surface area (TPSA) is 112 Å². The van der Waals surface area contributed by atoms with E-state index in [1.165, 1.54) is 32.4 Å². The number of ether oxygens (including phenoxy) is 2. The van der Waals surface area contributed by atoms with E-state index >= 15 is 0 Å². The molecule has 1 aliphatic heterocycles. The van der Waals surface area contributed by atoms with E-state index in [1.54, 1.807) is 0 Å². The van der Waals surface area contributed by atoms with Crippen molar-refractivity contribution in [3.63, 3.8) is 0 Å².